The summed E-state index contributed by atoms with van der Waals surface area (Å²) in [7, 11) is 1.61. The molecule has 8 nitrogen and oxygen atoms in total. The number of carboxylic acid groups (broad SMARTS) is 1. The van der Waals surface area contributed by atoms with Gasteiger partial charge in [-0.15, -0.1) is 11.8 Å². The lowest BCUT2D eigenvalue weighted by Gasteiger charge is -2.21. The SMILES string of the molecule is C=C(SCC(C)(C)C(=O)O)c1cccc(OCCOCCOCCOC)c1OC(=O)C(C)C. The Morgan fingerprint density at radius 1 is 1.06 bits per heavy atom. The van der Waals surface area contributed by atoms with E-state index in [1.807, 2.05) is 0 Å². The molecule has 9 heteroatoms. The van der Waals surface area contributed by atoms with Crippen molar-refractivity contribution in [2.75, 3.05) is 52.5 Å². The second kappa shape index (κ2) is 15.0. The molecule has 0 unspecified atom stereocenters. The zero-order valence-electron chi connectivity index (χ0n) is 20.2. The Labute approximate surface area is 200 Å². The third-order valence-corrected chi connectivity index (χ3v) is 5.86. The van der Waals surface area contributed by atoms with Gasteiger partial charge in [0.1, 0.15) is 6.61 Å². The number of rotatable bonds is 17. The van der Waals surface area contributed by atoms with Gasteiger partial charge < -0.3 is 28.8 Å². The molecule has 0 aliphatic rings. The largest absolute Gasteiger partial charge is 0.487 e. The number of methoxy groups -OCH3 is 1. The Morgan fingerprint density at radius 3 is 2.24 bits per heavy atom. The number of thioether (sulfide) groups is 1. The first kappa shape index (κ1) is 29.0. The van der Waals surface area contributed by atoms with E-state index < -0.39 is 17.4 Å². The van der Waals surface area contributed by atoms with Gasteiger partial charge in [0.2, 0.25) is 0 Å². The molecule has 186 valence electrons. The van der Waals surface area contributed by atoms with E-state index in [2.05, 4.69) is 6.58 Å². The topological polar surface area (TPSA) is 101 Å². The molecule has 0 fully saturated rings. The summed E-state index contributed by atoms with van der Waals surface area (Å²) in [6.07, 6.45) is 0. The molecular weight excluding hydrogens is 448 g/mol. The number of carbonyl (C=O) groups is 2. The van der Waals surface area contributed by atoms with E-state index in [1.54, 1.807) is 53.0 Å². The monoisotopic (exact) mass is 484 g/mol. The summed E-state index contributed by atoms with van der Waals surface area (Å²) >= 11 is 1.30. The predicted molar refractivity (Wildman–Crippen MR) is 129 cm³/mol. The quantitative estimate of drug-likeness (QED) is 0.199. The van der Waals surface area contributed by atoms with Crippen LogP contribution in [0, 0.1) is 11.3 Å². The van der Waals surface area contributed by atoms with Crippen LogP contribution >= 0.6 is 11.8 Å². The van der Waals surface area contributed by atoms with E-state index in [1.165, 1.54) is 11.8 Å². The Bertz CT molecular complexity index is 776. The van der Waals surface area contributed by atoms with Crippen LogP contribution in [0.1, 0.15) is 33.3 Å². The standard InChI is InChI=1S/C24H36O8S/c1-17(2)22(25)32-21-19(18(3)33-16-24(4,5)23(26)27)8-7-9-20(21)31-15-14-30-13-12-29-11-10-28-6/h7-9,17H,3,10-16H2,1-2,4-6H3,(H,26,27). The summed E-state index contributed by atoms with van der Waals surface area (Å²) in [6, 6.07) is 5.25. The molecule has 1 rings (SSSR count). The lowest BCUT2D eigenvalue weighted by molar-refractivity contribution is -0.145. The third-order valence-electron chi connectivity index (χ3n) is 4.43. The number of hydrogen-bond acceptors (Lipinski definition) is 8. The van der Waals surface area contributed by atoms with E-state index in [-0.39, 0.29) is 18.3 Å². The number of aliphatic carboxylic acids is 1. The lowest BCUT2D eigenvalue weighted by Crippen LogP contribution is -2.26. The van der Waals surface area contributed by atoms with Gasteiger partial charge in [-0.05, 0) is 26.0 Å². The molecule has 0 aromatic heterocycles. The molecule has 0 amide bonds. The maximum Gasteiger partial charge on any atom is 0.313 e. The van der Waals surface area contributed by atoms with Gasteiger partial charge in [-0.1, -0.05) is 26.5 Å². The molecule has 0 aliphatic carbocycles. The van der Waals surface area contributed by atoms with E-state index in [0.717, 1.165) is 0 Å². The Kier molecular flexibility index (Phi) is 13.1. The normalized spacial score (nSPS) is 11.5. The van der Waals surface area contributed by atoms with Gasteiger partial charge in [0, 0.05) is 23.3 Å². The summed E-state index contributed by atoms with van der Waals surface area (Å²) in [5.41, 5.74) is -0.346. The van der Waals surface area contributed by atoms with Crippen LogP contribution < -0.4 is 9.47 Å². The highest BCUT2D eigenvalue weighted by Gasteiger charge is 2.28. The molecule has 0 heterocycles. The minimum Gasteiger partial charge on any atom is -0.487 e. The van der Waals surface area contributed by atoms with Crippen molar-refractivity contribution in [2.45, 2.75) is 27.7 Å². The van der Waals surface area contributed by atoms with E-state index >= 15 is 0 Å². The first-order chi connectivity index (χ1) is 15.6. The third kappa shape index (κ3) is 10.6. The molecule has 0 saturated carbocycles. The van der Waals surface area contributed by atoms with Crippen molar-refractivity contribution in [1.82, 2.24) is 0 Å². The predicted octanol–water partition coefficient (Wildman–Crippen LogP) is 4.12. The van der Waals surface area contributed by atoms with Crippen LogP contribution in [0.4, 0.5) is 0 Å². The van der Waals surface area contributed by atoms with Gasteiger partial charge in [-0.3, -0.25) is 9.59 Å². The molecule has 0 saturated heterocycles. The van der Waals surface area contributed by atoms with Gasteiger partial charge in [0.05, 0.1) is 44.4 Å². The molecule has 1 N–H and O–H groups in total. The van der Waals surface area contributed by atoms with Crippen molar-refractivity contribution in [2.24, 2.45) is 11.3 Å². The van der Waals surface area contributed by atoms with Crippen LogP contribution in [-0.2, 0) is 23.8 Å². The first-order valence-corrected chi connectivity index (χ1v) is 11.8. The Balaban J connectivity index is 2.81. The summed E-state index contributed by atoms with van der Waals surface area (Å²) in [5.74, 6) is -0.662. The summed E-state index contributed by atoms with van der Waals surface area (Å²) in [5, 5.41) is 9.36. The summed E-state index contributed by atoms with van der Waals surface area (Å²) in [4.78, 5) is 24.3. The number of hydrogen-bond donors (Lipinski definition) is 1. The minimum absolute atomic E-state index is 0.249. The van der Waals surface area contributed by atoms with E-state index in [0.29, 0.717) is 55.0 Å². The summed E-state index contributed by atoms with van der Waals surface area (Å²) in [6.45, 7) is 13.4. The van der Waals surface area contributed by atoms with Crippen molar-refractivity contribution in [3.05, 3.63) is 30.3 Å². The van der Waals surface area contributed by atoms with Crippen LogP contribution in [0.25, 0.3) is 4.91 Å². The molecule has 33 heavy (non-hydrogen) atoms. The fraction of sp³-hybridized carbons (Fsp3) is 0.583. The second-order valence-electron chi connectivity index (χ2n) is 8.18. The van der Waals surface area contributed by atoms with Gasteiger partial charge in [-0.25, -0.2) is 0 Å². The maximum absolute atomic E-state index is 12.3. The number of carbonyl (C=O) groups excluding carboxylic acids is 1. The van der Waals surface area contributed by atoms with Crippen LogP contribution in [-0.4, -0.2) is 69.5 Å². The molecule has 0 aliphatic heterocycles. The molecule has 0 radical (unpaired) electrons. The average molecular weight is 485 g/mol. The number of carboxylic acids is 1. The van der Waals surface area contributed by atoms with Gasteiger partial charge in [0.15, 0.2) is 11.5 Å². The first-order valence-electron chi connectivity index (χ1n) is 10.8. The van der Waals surface area contributed by atoms with Crippen LogP contribution in [0.5, 0.6) is 11.5 Å². The van der Waals surface area contributed by atoms with Gasteiger partial charge in [0.25, 0.3) is 0 Å². The second-order valence-corrected chi connectivity index (χ2v) is 9.25. The van der Waals surface area contributed by atoms with Crippen molar-refractivity contribution < 1.29 is 38.4 Å². The highest BCUT2D eigenvalue weighted by atomic mass is 32.2. The number of benzene rings is 1. The molecule has 1 aromatic rings. The molecule has 0 atom stereocenters. The highest BCUT2D eigenvalue weighted by Crippen LogP contribution is 2.41. The van der Waals surface area contributed by atoms with Gasteiger partial charge >= 0.3 is 11.9 Å². The Hall–Kier alpha value is -2.07. The number of esters is 1. The fourth-order valence-corrected chi connectivity index (χ4v) is 3.23. The molecule has 0 bridgehead atoms. The van der Waals surface area contributed by atoms with Crippen LogP contribution in [0.3, 0.4) is 0 Å². The number of para-hydroxylation sites is 1. The van der Waals surface area contributed by atoms with Crippen molar-refractivity contribution in [3.8, 4) is 11.5 Å². The van der Waals surface area contributed by atoms with Gasteiger partial charge in [-0.2, -0.15) is 0 Å². The zero-order chi connectivity index (χ0) is 24.9. The smallest absolute Gasteiger partial charge is 0.313 e. The fourth-order valence-electron chi connectivity index (χ4n) is 2.25. The molecular formula is C24H36O8S. The van der Waals surface area contributed by atoms with Crippen LogP contribution in [0.15, 0.2) is 24.8 Å². The maximum atomic E-state index is 12.3. The zero-order valence-corrected chi connectivity index (χ0v) is 21.0. The van der Waals surface area contributed by atoms with E-state index in [9.17, 15) is 14.7 Å². The van der Waals surface area contributed by atoms with Crippen molar-refractivity contribution in [1.29, 1.82) is 0 Å². The lowest BCUT2D eigenvalue weighted by atomic mass is 9.97. The Morgan fingerprint density at radius 2 is 1.67 bits per heavy atom. The van der Waals surface area contributed by atoms with Crippen molar-refractivity contribution >= 4 is 28.6 Å². The van der Waals surface area contributed by atoms with E-state index in [4.69, 9.17) is 23.7 Å². The molecule has 1 aromatic carbocycles. The average Bonchev–Trinajstić information content (AvgIpc) is 2.76. The molecule has 0 spiro atoms. The minimum atomic E-state index is -0.929. The highest BCUT2D eigenvalue weighted by molar-refractivity contribution is 8.08. The summed E-state index contributed by atoms with van der Waals surface area (Å²) < 4.78 is 27.2. The number of ether oxygens (including phenoxy) is 5. The van der Waals surface area contributed by atoms with Crippen molar-refractivity contribution in [3.63, 3.8) is 0 Å². The van der Waals surface area contributed by atoms with Crippen LogP contribution in [0.2, 0.25) is 0 Å².